The molecule has 6 nitrogen and oxygen atoms in total. The molecule has 0 unspecified atom stereocenters. The maximum absolute atomic E-state index is 11.8. The lowest BCUT2D eigenvalue weighted by molar-refractivity contribution is 0.0600. The van der Waals surface area contributed by atoms with Crippen molar-refractivity contribution in [2.45, 2.75) is 4.90 Å². The van der Waals surface area contributed by atoms with Gasteiger partial charge in [-0.25, -0.2) is 13.2 Å². The first-order valence-electron chi connectivity index (χ1n) is 4.83. The van der Waals surface area contributed by atoms with Crippen molar-refractivity contribution >= 4 is 21.7 Å². The van der Waals surface area contributed by atoms with Crippen molar-refractivity contribution in [3.05, 3.63) is 23.8 Å². The highest BCUT2D eigenvalue weighted by molar-refractivity contribution is 7.89. The van der Waals surface area contributed by atoms with Crippen molar-refractivity contribution < 1.29 is 17.9 Å². The van der Waals surface area contributed by atoms with E-state index in [2.05, 4.69) is 15.4 Å². The van der Waals surface area contributed by atoms with Gasteiger partial charge in [-0.3, -0.25) is 0 Å². The van der Waals surface area contributed by atoms with Gasteiger partial charge in [-0.15, -0.1) is 6.42 Å². The minimum atomic E-state index is -3.77. The summed E-state index contributed by atoms with van der Waals surface area (Å²) >= 11 is 0. The molecule has 0 atom stereocenters. The molecule has 0 bridgehead atoms. The third-order valence-electron chi connectivity index (χ3n) is 2.08. The summed E-state index contributed by atoms with van der Waals surface area (Å²) < 4.78 is 30.2. The minimum Gasteiger partial charge on any atom is -0.465 e. The smallest absolute Gasteiger partial charge is 0.337 e. The lowest BCUT2D eigenvalue weighted by Crippen LogP contribution is -2.25. The number of sulfonamides is 1. The molecule has 0 aliphatic rings. The fraction of sp³-hybridized carbons (Fsp3) is 0.182. The maximum atomic E-state index is 11.8. The second kappa shape index (κ2) is 5.53. The van der Waals surface area contributed by atoms with Crippen LogP contribution in [0.1, 0.15) is 10.4 Å². The molecular formula is C11H12N2O4S. The van der Waals surface area contributed by atoms with Crippen molar-refractivity contribution in [3.8, 4) is 12.3 Å². The highest BCUT2D eigenvalue weighted by Gasteiger charge is 2.18. The SMILES string of the molecule is C#CCNS(=O)(=O)c1ccc(C(=O)OC)cc1N. The predicted molar refractivity (Wildman–Crippen MR) is 66.2 cm³/mol. The Kier molecular flexibility index (Phi) is 4.31. The van der Waals surface area contributed by atoms with Crippen LogP contribution in [-0.4, -0.2) is 28.0 Å². The minimum absolute atomic E-state index is 0.0533. The van der Waals surface area contributed by atoms with Crippen LogP contribution in [0.2, 0.25) is 0 Å². The van der Waals surface area contributed by atoms with Gasteiger partial charge >= 0.3 is 5.97 Å². The van der Waals surface area contributed by atoms with Gasteiger partial charge in [0.15, 0.2) is 0 Å². The normalized spacial score (nSPS) is 10.7. The molecule has 0 aliphatic carbocycles. The molecule has 0 heterocycles. The molecule has 1 rings (SSSR count). The number of hydrogen-bond donors (Lipinski definition) is 2. The van der Waals surface area contributed by atoms with Gasteiger partial charge in [-0.05, 0) is 18.2 Å². The summed E-state index contributed by atoms with van der Waals surface area (Å²) in [5.41, 5.74) is 5.71. The van der Waals surface area contributed by atoms with E-state index in [1.54, 1.807) is 0 Å². The van der Waals surface area contributed by atoms with E-state index in [0.29, 0.717) is 0 Å². The Hall–Kier alpha value is -2.04. The molecule has 18 heavy (non-hydrogen) atoms. The molecule has 96 valence electrons. The Morgan fingerprint density at radius 1 is 1.56 bits per heavy atom. The van der Waals surface area contributed by atoms with E-state index in [1.165, 1.54) is 25.3 Å². The standard InChI is InChI=1S/C11H12N2O4S/c1-3-6-13-18(15,16)10-5-4-8(7-9(10)12)11(14)17-2/h1,4-5,7,13H,6,12H2,2H3. The fourth-order valence-electron chi connectivity index (χ4n) is 1.25. The molecule has 0 radical (unpaired) electrons. The first-order valence-corrected chi connectivity index (χ1v) is 6.31. The number of carbonyl (C=O) groups excluding carboxylic acids is 1. The van der Waals surface area contributed by atoms with Crippen LogP contribution in [0.5, 0.6) is 0 Å². The van der Waals surface area contributed by atoms with E-state index in [9.17, 15) is 13.2 Å². The summed E-state index contributed by atoms with van der Waals surface area (Å²) in [6.45, 7) is -0.138. The molecule has 0 fully saturated rings. The summed E-state index contributed by atoms with van der Waals surface area (Å²) in [4.78, 5) is 11.1. The Bertz CT molecular complexity index is 602. The summed E-state index contributed by atoms with van der Waals surface area (Å²) in [6, 6.07) is 3.77. The zero-order chi connectivity index (χ0) is 13.8. The number of nitrogens with two attached hydrogens (primary N) is 1. The third kappa shape index (κ3) is 3.00. The van der Waals surface area contributed by atoms with Crippen LogP contribution in [0.3, 0.4) is 0 Å². The molecule has 0 spiro atoms. The predicted octanol–water partition coefficient (Wildman–Crippen LogP) is -0.0331. The maximum Gasteiger partial charge on any atom is 0.337 e. The Morgan fingerprint density at radius 2 is 2.22 bits per heavy atom. The number of nitrogen functional groups attached to an aromatic ring is 1. The van der Waals surface area contributed by atoms with Crippen LogP contribution in [0.15, 0.2) is 23.1 Å². The number of terminal acetylenes is 1. The number of esters is 1. The topological polar surface area (TPSA) is 98.5 Å². The van der Waals surface area contributed by atoms with E-state index in [-0.39, 0.29) is 22.7 Å². The van der Waals surface area contributed by atoms with Crippen molar-refractivity contribution in [2.24, 2.45) is 0 Å². The molecule has 0 aromatic heterocycles. The van der Waals surface area contributed by atoms with E-state index in [4.69, 9.17) is 12.2 Å². The van der Waals surface area contributed by atoms with Crippen LogP contribution < -0.4 is 10.5 Å². The fourth-order valence-corrected chi connectivity index (χ4v) is 2.30. The van der Waals surface area contributed by atoms with Crippen molar-refractivity contribution in [2.75, 3.05) is 19.4 Å². The van der Waals surface area contributed by atoms with Crippen LogP contribution in [0.4, 0.5) is 5.69 Å². The largest absolute Gasteiger partial charge is 0.465 e. The molecule has 0 saturated heterocycles. The second-order valence-corrected chi connectivity index (χ2v) is 5.01. The van der Waals surface area contributed by atoms with Gasteiger partial charge < -0.3 is 10.5 Å². The van der Waals surface area contributed by atoms with Crippen LogP contribution >= 0.6 is 0 Å². The quantitative estimate of drug-likeness (QED) is 0.454. The van der Waals surface area contributed by atoms with Crippen molar-refractivity contribution in [3.63, 3.8) is 0 Å². The van der Waals surface area contributed by atoms with E-state index < -0.39 is 16.0 Å². The lowest BCUT2D eigenvalue weighted by atomic mass is 10.2. The van der Waals surface area contributed by atoms with Gasteiger partial charge in [-0.1, -0.05) is 5.92 Å². The Balaban J connectivity index is 3.14. The molecular weight excluding hydrogens is 256 g/mol. The number of hydrogen-bond acceptors (Lipinski definition) is 5. The van der Waals surface area contributed by atoms with Gasteiger partial charge in [0.1, 0.15) is 4.90 Å². The summed E-state index contributed by atoms with van der Waals surface area (Å²) in [5.74, 6) is 1.55. The molecule has 7 heteroatoms. The summed E-state index contributed by atoms with van der Waals surface area (Å²) in [5, 5.41) is 0. The van der Waals surface area contributed by atoms with E-state index in [0.717, 1.165) is 0 Å². The number of benzene rings is 1. The van der Waals surface area contributed by atoms with Gasteiger partial charge in [0.2, 0.25) is 10.0 Å². The number of rotatable bonds is 4. The van der Waals surface area contributed by atoms with E-state index >= 15 is 0 Å². The molecule has 1 aromatic rings. The lowest BCUT2D eigenvalue weighted by Gasteiger charge is -2.08. The molecule has 0 amide bonds. The number of methoxy groups -OCH3 is 1. The number of anilines is 1. The number of nitrogens with one attached hydrogen (secondary N) is 1. The number of ether oxygens (including phenoxy) is 1. The second-order valence-electron chi connectivity index (χ2n) is 3.27. The third-order valence-corrected chi connectivity index (χ3v) is 3.56. The van der Waals surface area contributed by atoms with E-state index in [1.807, 2.05) is 0 Å². The Labute approximate surface area is 105 Å². The van der Waals surface area contributed by atoms with Gasteiger partial charge in [0.25, 0.3) is 0 Å². The highest BCUT2D eigenvalue weighted by atomic mass is 32.2. The molecule has 3 N–H and O–H groups in total. The van der Waals surface area contributed by atoms with Crippen LogP contribution in [-0.2, 0) is 14.8 Å². The first kappa shape index (κ1) is 14.0. The number of carbonyl (C=O) groups is 1. The molecule has 0 aliphatic heterocycles. The highest BCUT2D eigenvalue weighted by Crippen LogP contribution is 2.19. The van der Waals surface area contributed by atoms with Crippen molar-refractivity contribution in [1.82, 2.24) is 4.72 Å². The average molecular weight is 268 g/mol. The van der Waals surface area contributed by atoms with Crippen LogP contribution in [0, 0.1) is 12.3 Å². The zero-order valence-electron chi connectivity index (χ0n) is 9.64. The average Bonchev–Trinajstić information content (AvgIpc) is 2.35. The Morgan fingerprint density at radius 3 is 2.72 bits per heavy atom. The monoisotopic (exact) mass is 268 g/mol. The zero-order valence-corrected chi connectivity index (χ0v) is 10.5. The first-order chi connectivity index (χ1) is 8.42. The summed E-state index contributed by atoms with van der Waals surface area (Å²) in [6.07, 6.45) is 4.96. The molecule has 1 aromatic carbocycles. The summed E-state index contributed by atoms with van der Waals surface area (Å²) in [7, 11) is -2.55. The van der Waals surface area contributed by atoms with Crippen molar-refractivity contribution in [1.29, 1.82) is 0 Å². The molecule has 0 saturated carbocycles. The van der Waals surface area contributed by atoms with Gasteiger partial charge in [-0.2, -0.15) is 4.72 Å². The van der Waals surface area contributed by atoms with Crippen LogP contribution in [0.25, 0.3) is 0 Å². The van der Waals surface area contributed by atoms with Gasteiger partial charge in [0, 0.05) is 0 Å². The van der Waals surface area contributed by atoms with Gasteiger partial charge in [0.05, 0.1) is 24.9 Å².